The second-order valence-corrected chi connectivity index (χ2v) is 19.2. The molecule has 61 heavy (non-hydrogen) atoms. The van der Waals surface area contributed by atoms with Gasteiger partial charge in [0, 0.05) is 55.9 Å². The molecule has 2 saturated heterocycles. The maximum absolute atomic E-state index is 13.9. The largest absolute Gasteiger partial charge is 0.455 e. The van der Waals surface area contributed by atoms with E-state index in [4.69, 9.17) is 9.47 Å². The summed E-state index contributed by atoms with van der Waals surface area (Å²) in [5.41, 5.74) is 4.47. The van der Waals surface area contributed by atoms with Gasteiger partial charge in [-0.25, -0.2) is 26.5 Å². The van der Waals surface area contributed by atoms with E-state index < -0.39 is 41.3 Å². The zero-order valence-corrected chi connectivity index (χ0v) is 34.9. The molecule has 0 saturated carbocycles. The number of nitro groups is 1. The van der Waals surface area contributed by atoms with Crippen molar-refractivity contribution in [2.75, 3.05) is 42.8 Å². The van der Waals surface area contributed by atoms with Gasteiger partial charge in [-0.2, -0.15) is 0 Å². The molecule has 0 spiro atoms. The molecule has 1 amide bonds. The molecule has 2 aromatic heterocycles. The lowest BCUT2D eigenvalue weighted by Crippen LogP contribution is -2.31. The molecule has 2 aliphatic heterocycles. The lowest BCUT2D eigenvalue weighted by atomic mass is 9.98. The fraction of sp³-hybridized carbons (Fsp3) is 0.273. The van der Waals surface area contributed by atoms with E-state index >= 15 is 0 Å². The van der Waals surface area contributed by atoms with Gasteiger partial charge in [0.25, 0.3) is 21.6 Å². The van der Waals surface area contributed by atoms with Gasteiger partial charge in [-0.3, -0.25) is 14.9 Å². The first-order valence-electron chi connectivity index (χ1n) is 19.9. The minimum absolute atomic E-state index is 0.00625. The Bertz CT molecular complexity index is 2820. The van der Waals surface area contributed by atoms with Crippen molar-refractivity contribution in [1.82, 2.24) is 14.7 Å². The Labute approximate surface area is 353 Å². The van der Waals surface area contributed by atoms with E-state index in [0.29, 0.717) is 36.7 Å². The summed E-state index contributed by atoms with van der Waals surface area (Å²) in [6.07, 6.45) is 7.89. The molecule has 2 aliphatic rings. The average Bonchev–Trinajstić information content (AvgIpc) is 3.93. The van der Waals surface area contributed by atoms with Crippen LogP contribution in [0.25, 0.3) is 22.2 Å². The minimum atomic E-state index is -4.59. The predicted molar refractivity (Wildman–Crippen MR) is 232 cm³/mol. The second-order valence-electron chi connectivity index (χ2n) is 15.4. The molecular weight excluding hydrogens is 821 g/mol. The highest BCUT2D eigenvalue weighted by molar-refractivity contribution is 7.90. The highest BCUT2D eigenvalue weighted by Crippen LogP contribution is 2.39. The molecule has 17 heteroatoms. The van der Waals surface area contributed by atoms with Gasteiger partial charge in [-0.1, -0.05) is 42.5 Å². The van der Waals surface area contributed by atoms with Crippen LogP contribution in [0.15, 0.2) is 114 Å². The highest BCUT2D eigenvalue weighted by atomic mass is 32.2. The number of sulfonamides is 1. The van der Waals surface area contributed by atoms with Crippen LogP contribution in [0.2, 0.25) is 0 Å². The summed E-state index contributed by atoms with van der Waals surface area (Å²) in [6, 6.07) is 27.4. The third-order valence-electron chi connectivity index (χ3n) is 11.1. The maximum atomic E-state index is 13.9. The van der Waals surface area contributed by atoms with Gasteiger partial charge in [0.1, 0.15) is 22.8 Å². The summed E-state index contributed by atoms with van der Waals surface area (Å²) in [4.78, 5) is 34.5. The number of carbonyl (C=O) groups excluding carboxylic acids is 1. The Morgan fingerprint density at radius 2 is 1.72 bits per heavy atom. The van der Waals surface area contributed by atoms with Crippen molar-refractivity contribution < 1.29 is 36.0 Å². The number of H-pyrrole nitrogens is 1. The first kappa shape index (κ1) is 41.4. The van der Waals surface area contributed by atoms with Crippen LogP contribution < -0.4 is 19.7 Å². The number of ether oxygens (including phenoxy) is 2. The number of anilines is 2. The van der Waals surface area contributed by atoms with Crippen molar-refractivity contribution in [3.05, 3.63) is 136 Å². The molecule has 2 fully saturated rings. The Morgan fingerprint density at radius 3 is 2.49 bits per heavy atom. The predicted octanol–water partition coefficient (Wildman–Crippen LogP) is 7.77. The number of nitro benzene ring substituents is 1. The standard InChI is InChI=1S/C44H44N6O9S2/c1-60(54,55)28-33-5-2-3-6-37(33)40-7-4-20-49(40)34-11-8-30(9-12-34)31-10-14-38(42(24-31)59-35-23-32-16-19-45-43(32)47-27-35)44(51)48-61(56,57)36-13-15-39(41(25-36)50(52)53)46-26-29-17-21-58-22-18-29/h2-3,5-6,8-16,19,23-25,27,29,40,46H,4,7,17-18,20-22,26,28H2,1H3,(H,45,47)(H,48,51). The number of hydrogen-bond acceptors (Lipinski definition) is 12. The average molecular weight is 865 g/mol. The first-order valence-corrected chi connectivity index (χ1v) is 23.4. The van der Waals surface area contributed by atoms with Gasteiger partial charge in [0.05, 0.1) is 33.4 Å². The fourth-order valence-corrected chi connectivity index (χ4v) is 9.83. The molecule has 1 atom stereocenters. The van der Waals surface area contributed by atoms with E-state index in [-0.39, 0.29) is 34.7 Å². The molecule has 0 radical (unpaired) electrons. The van der Waals surface area contributed by atoms with Crippen LogP contribution in [0.4, 0.5) is 17.1 Å². The number of carbonyl (C=O) groups is 1. The van der Waals surface area contributed by atoms with Gasteiger partial charge < -0.3 is 24.7 Å². The van der Waals surface area contributed by atoms with E-state index in [0.717, 1.165) is 66.1 Å². The van der Waals surface area contributed by atoms with Gasteiger partial charge in [-0.15, -0.1) is 0 Å². The van der Waals surface area contributed by atoms with Crippen molar-refractivity contribution in [2.45, 2.75) is 42.4 Å². The lowest BCUT2D eigenvalue weighted by molar-refractivity contribution is -0.384. The number of rotatable bonds is 14. The van der Waals surface area contributed by atoms with E-state index in [2.05, 4.69) is 24.9 Å². The Morgan fingerprint density at radius 1 is 0.951 bits per heavy atom. The number of hydrogen-bond donors (Lipinski definition) is 3. The first-order chi connectivity index (χ1) is 29.3. The summed E-state index contributed by atoms with van der Waals surface area (Å²) in [5.74, 6) is -0.435. The molecule has 0 bridgehead atoms. The molecule has 6 aromatic rings. The fourth-order valence-electron chi connectivity index (χ4n) is 8.01. The molecule has 4 heterocycles. The summed E-state index contributed by atoms with van der Waals surface area (Å²) >= 11 is 0. The Balaban J connectivity index is 1.06. The monoisotopic (exact) mass is 864 g/mol. The zero-order chi connectivity index (χ0) is 42.7. The van der Waals surface area contributed by atoms with E-state index in [1.165, 1.54) is 30.7 Å². The van der Waals surface area contributed by atoms with E-state index in [1.807, 2.05) is 54.6 Å². The summed E-state index contributed by atoms with van der Waals surface area (Å²) in [7, 11) is -7.83. The lowest BCUT2D eigenvalue weighted by Gasteiger charge is -2.29. The molecule has 15 nitrogen and oxygen atoms in total. The van der Waals surface area contributed by atoms with Crippen LogP contribution in [0.5, 0.6) is 11.5 Å². The van der Waals surface area contributed by atoms with Crippen molar-refractivity contribution in [2.24, 2.45) is 5.92 Å². The molecule has 3 N–H and O–H groups in total. The third-order valence-corrected chi connectivity index (χ3v) is 13.2. The number of fused-ring (bicyclic) bond motifs is 1. The summed E-state index contributed by atoms with van der Waals surface area (Å²) in [5, 5.41) is 15.9. The molecular formula is C44H44N6O9S2. The number of pyridine rings is 1. The number of nitrogens with zero attached hydrogens (tertiary/aromatic N) is 3. The Hall–Kier alpha value is -6.30. The summed E-state index contributed by atoms with van der Waals surface area (Å²) in [6.45, 7) is 2.49. The number of benzene rings is 4. The van der Waals surface area contributed by atoms with Gasteiger partial charge in [-0.05, 0) is 102 Å². The third kappa shape index (κ3) is 9.53. The maximum Gasteiger partial charge on any atom is 0.293 e. The smallest absolute Gasteiger partial charge is 0.293 e. The van der Waals surface area contributed by atoms with Crippen molar-refractivity contribution in [3.63, 3.8) is 0 Å². The van der Waals surface area contributed by atoms with Gasteiger partial charge in [0.2, 0.25) is 0 Å². The second kappa shape index (κ2) is 17.4. The number of aromatic amines is 1. The van der Waals surface area contributed by atoms with Crippen LogP contribution in [0.1, 0.15) is 53.2 Å². The van der Waals surface area contributed by atoms with Crippen molar-refractivity contribution >= 4 is 53.9 Å². The minimum Gasteiger partial charge on any atom is -0.455 e. The SMILES string of the molecule is CS(=O)(=O)Cc1ccccc1C1CCCN1c1ccc(-c2ccc(C(=O)NS(=O)(=O)c3ccc(NCC4CCOCC4)c([N+](=O)[O-])c3)c(Oc3cnc4[nH]ccc4c3)c2)cc1. The van der Waals surface area contributed by atoms with Crippen LogP contribution in [-0.4, -0.2) is 70.2 Å². The van der Waals surface area contributed by atoms with Crippen molar-refractivity contribution in [1.29, 1.82) is 0 Å². The highest BCUT2D eigenvalue weighted by Gasteiger charge is 2.30. The van der Waals surface area contributed by atoms with E-state index in [1.54, 1.807) is 24.4 Å². The van der Waals surface area contributed by atoms with Crippen molar-refractivity contribution in [3.8, 4) is 22.6 Å². The quantitative estimate of drug-likeness (QED) is 0.0710. The molecule has 8 rings (SSSR count). The number of amides is 1. The zero-order valence-electron chi connectivity index (χ0n) is 33.2. The van der Waals surface area contributed by atoms with Crippen LogP contribution in [0.3, 0.4) is 0 Å². The van der Waals surface area contributed by atoms with Crippen LogP contribution >= 0.6 is 0 Å². The van der Waals surface area contributed by atoms with Gasteiger partial charge in [0.15, 0.2) is 9.84 Å². The molecule has 1 unspecified atom stereocenters. The normalized spacial score (nSPS) is 16.1. The molecule has 0 aliphatic carbocycles. The van der Waals surface area contributed by atoms with E-state index in [9.17, 15) is 31.7 Å². The molecule has 4 aromatic carbocycles. The molecule has 316 valence electrons. The Kier molecular flexibility index (Phi) is 11.8. The summed E-state index contributed by atoms with van der Waals surface area (Å²) < 4.78 is 65.5. The topological polar surface area (TPSA) is 203 Å². The number of sulfone groups is 1. The number of aromatic nitrogens is 2. The van der Waals surface area contributed by atoms with Crippen LogP contribution in [-0.2, 0) is 30.4 Å². The number of nitrogens with one attached hydrogen (secondary N) is 3. The van der Waals surface area contributed by atoms with Crippen LogP contribution in [0, 0.1) is 16.0 Å². The van der Waals surface area contributed by atoms with Gasteiger partial charge >= 0.3 is 0 Å².